The van der Waals surface area contributed by atoms with Crippen molar-refractivity contribution in [3.05, 3.63) is 33.7 Å². The third kappa shape index (κ3) is 2.21. The van der Waals surface area contributed by atoms with Crippen LogP contribution < -0.4 is 0 Å². The van der Waals surface area contributed by atoms with E-state index in [1.165, 1.54) is 7.11 Å². The lowest BCUT2D eigenvalue weighted by atomic mass is 10.2. The van der Waals surface area contributed by atoms with E-state index in [2.05, 4.69) is 37.5 Å². The maximum atomic E-state index is 11.1. The third-order valence-corrected chi connectivity index (χ3v) is 2.53. The summed E-state index contributed by atoms with van der Waals surface area (Å²) in [5.74, 6) is -0.473. The van der Waals surface area contributed by atoms with Gasteiger partial charge in [0.25, 0.3) is 0 Å². The van der Waals surface area contributed by atoms with Crippen LogP contribution in [0, 0.1) is 3.57 Å². The molecular formula is C10H7IN2O3. The highest BCUT2D eigenvalue weighted by atomic mass is 127. The summed E-state index contributed by atoms with van der Waals surface area (Å²) in [6.45, 7) is 0. The molecular weight excluding hydrogens is 323 g/mol. The Labute approximate surface area is 105 Å². The molecule has 1 aromatic heterocycles. The molecule has 0 N–H and O–H groups in total. The number of esters is 1. The van der Waals surface area contributed by atoms with E-state index >= 15 is 0 Å². The Morgan fingerprint density at radius 2 is 2.25 bits per heavy atom. The zero-order valence-corrected chi connectivity index (χ0v) is 10.5. The average Bonchev–Trinajstić information content (AvgIpc) is 2.77. The minimum absolute atomic E-state index is 0.142. The molecule has 0 saturated heterocycles. The van der Waals surface area contributed by atoms with Gasteiger partial charge in [-0.3, -0.25) is 0 Å². The number of nitrogens with zero attached hydrogens (tertiary/aromatic N) is 2. The molecule has 0 fully saturated rings. The lowest BCUT2D eigenvalue weighted by Crippen LogP contribution is -2.00. The predicted molar refractivity (Wildman–Crippen MR) is 63.8 cm³/mol. The number of carbonyl (C=O) groups is 1. The van der Waals surface area contributed by atoms with E-state index in [1.54, 1.807) is 0 Å². The van der Waals surface area contributed by atoms with Crippen molar-refractivity contribution in [1.29, 1.82) is 0 Å². The van der Waals surface area contributed by atoms with Crippen LogP contribution in [0.3, 0.4) is 0 Å². The van der Waals surface area contributed by atoms with Crippen molar-refractivity contribution in [3.8, 4) is 11.5 Å². The molecule has 5 nitrogen and oxygen atoms in total. The molecule has 2 rings (SSSR count). The van der Waals surface area contributed by atoms with Crippen LogP contribution in [0.5, 0.6) is 0 Å². The quantitative estimate of drug-likeness (QED) is 0.623. The molecule has 0 bridgehead atoms. The SMILES string of the molecule is COC(=O)c1nnc(-c2cccc(I)c2)o1. The van der Waals surface area contributed by atoms with Gasteiger partial charge in [0.2, 0.25) is 5.89 Å². The number of rotatable bonds is 2. The molecule has 2 aromatic rings. The zero-order valence-electron chi connectivity index (χ0n) is 8.31. The number of benzene rings is 1. The standard InChI is InChI=1S/C10H7IN2O3/c1-15-10(14)9-13-12-8(16-9)6-3-2-4-7(11)5-6/h2-5H,1H3. The lowest BCUT2D eigenvalue weighted by molar-refractivity contribution is 0.0556. The summed E-state index contributed by atoms with van der Waals surface area (Å²) >= 11 is 2.18. The highest BCUT2D eigenvalue weighted by molar-refractivity contribution is 14.1. The van der Waals surface area contributed by atoms with Gasteiger partial charge in [-0.1, -0.05) is 6.07 Å². The maximum Gasteiger partial charge on any atom is 0.396 e. The Bertz CT molecular complexity index is 524. The fraction of sp³-hybridized carbons (Fsp3) is 0.100. The van der Waals surface area contributed by atoms with Gasteiger partial charge in [-0.2, -0.15) is 0 Å². The first-order chi connectivity index (χ1) is 7.70. The fourth-order valence-electron chi connectivity index (χ4n) is 1.13. The second-order valence-electron chi connectivity index (χ2n) is 2.91. The molecule has 1 heterocycles. The van der Waals surface area contributed by atoms with E-state index in [-0.39, 0.29) is 5.89 Å². The minimum Gasteiger partial charge on any atom is -0.462 e. The van der Waals surface area contributed by atoms with Gasteiger partial charge in [0.1, 0.15) is 0 Å². The number of carbonyl (C=O) groups excluding carboxylic acids is 1. The summed E-state index contributed by atoms with van der Waals surface area (Å²) in [4.78, 5) is 11.1. The smallest absolute Gasteiger partial charge is 0.396 e. The third-order valence-electron chi connectivity index (χ3n) is 1.86. The van der Waals surface area contributed by atoms with Gasteiger partial charge in [0, 0.05) is 9.13 Å². The van der Waals surface area contributed by atoms with Gasteiger partial charge in [0.05, 0.1) is 7.11 Å². The number of methoxy groups -OCH3 is 1. The number of halogens is 1. The largest absolute Gasteiger partial charge is 0.462 e. The molecule has 0 unspecified atom stereocenters. The summed E-state index contributed by atoms with van der Waals surface area (Å²) in [5, 5.41) is 7.38. The van der Waals surface area contributed by atoms with Crippen molar-refractivity contribution in [2.24, 2.45) is 0 Å². The topological polar surface area (TPSA) is 65.2 Å². The van der Waals surface area contributed by atoms with Gasteiger partial charge in [-0.25, -0.2) is 4.79 Å². The lowest BCUT2D eigenvalue weighted by Gasteiger charge is -1.94. The number of hydrogen-bond donors (Lipinski definition) is 0. The molecule has 0 aliphatic rings. The molecule has 82 valence electrons. The van der Waals surface area contributed by atoms with Crippen LogP contribution in [0.1, 0.15) is 10.7 Å². The molecule has 6 heteroatoms. The highest BCUT2D eigenvalue weighted by Gasteiger charge is 2.15. The van der Waals surface area contributed by atoms with E-state index in [1.807, 2.05) is 24.3 Å². The number of aromatic nitrogens is 2. The number of ether oxygens (including phenoxy) is 1. The summed E-state index contributed by atoms with van der Waals surface area (Å²) in [6.07, 6.45) is 0. The van der Waals surface area contributed by atoms with E-state index < -0.39 is 5.97 Å². The Morgan fingerprint density at radius 3 is 2.94 bits per heavy atom. The van der Waals surface area contributed by atoms with Crippen LogP contribution in [0.2, 0.25) is 0 Å². The van der Waals surface area contributed by atoms with E-state index in [4.69, 9.17) is 4.42 Å². The van der Waals surface area contributed by atoms with Crippen LogP contribution in [-0.2, 0) is 4.74 Å². The first-order valence-electron chi connectivity index (χ1n) is 4.38. The Morgan fingerprint density at radius 1 is 1.44 bits per heavy atom. The Balaban J connectivity index is 2.35. The average molecular weight is 330 g/mol. The highest BCUT2D eigenvalue weighted by Crippen LogP contribution is 2.19. The van der Waals surface area contributed by atoms with Crippen molar-refractivity contribution in [3.63, 3.8) is 0 Å². The Kier molecular flexibility index (Phi) is 3.18. The molecule has 0 amide bonds. The van der Waals surface area contributed by atoms with Crippen LogP contribution in [0.15, 0.2) is 28.7 Å². The van der Waals surface area contributed by atoms with Crippen LogP contribution in [0.4, 0.5) is 0 Å². The summed E-state index contributed by atoms with van der Waals surface area (Å²) in [6, 6.07) is 7.53. The number of hydrogen-bond acceptors (Lipinski definition) is 5. The predicted octanol–water partition coefficient (Wildman–Crippen LogP) is 2.13. The minimum atomic E-state index is -0.635. The van der Waals surface area contributed by atoms with Gasteiger partial charge in [0.15, 0.2) is 0 Å². The van der Waals surface area contributed by atoms with Crippen molar-refractivity contribution in [1.82, 2.24) is 10.2 Å². The van der Waals surface area contributed by atoms with Crippen molar-refractivity contribution in [2.45, 2.75) is 0 Å². The first-order valence-corrected chi connectivity index (χ1v) is 5.46. The normalized spacial score (nSPS) is 10.1. The van der Waals surface area contributed by atoms with Crippen molar-refractivity contribution < 1.29 is 13.9 Å². The maximum absolute atomic E-state index is 11.1. The van der Waals surface area contributed by atoms with E-state index in [0.717, 1.165) is 9.13 Å². The van der Waals surface area contributed by atoms with Crippen molar-refractivity contribution in [2.75, 3.05) is 7.11 Å². The molecule has 0 aliphatic heterocycles. The zero-order chi connectivity index (χ0) is 11.5. The van der Waals surface area contributed by atoms with Gasteiger partial charge >= 0.3 is 11.9 Å². The molecule has 0 spiro atoms. The summed E-state index contributed by atoms with van der Waals surface area (Å²) in [7, 11) is 1.26. The molecule has 0 radical (unpaired) electrons. The van der Waals surface area contributed by atoms with Crippen LogP contribution in [-0.4, -0.2) is 23.3 Å². The van der Waals surface area contributed by atoms with E-state index in [0.29, 0.717) is 5.89 Å². The molecule has 16 heavy (non-hydrogen) atoms. The molecule has 0 atom stereocenters. The van der Waals surface area contributed by atoms with E-state index in [9.17, 15) is 4.79 Å². The van der Waals surface area contributed by atoms with Crippen LogP contribution in [0.25, 0.3) is 11.5 Å². The van der Waals surface area contributed by atoms with Gasteiger partial charge in [-0.05, 0) is 40.8 Å². The monoisotopic (exact) mass is 330 g/mol. The fourth-order valence-corrected chi connectivity index (χ4v) is 1.67. The first kappa shape index (κ1) is 11.1. The summed E-state index contributed by atoms with van der Waals surface area (Å²) < 4.78 is 10.7. The molecule has 0 aliphatic carbocycles. The van der Waals surface area contributed by atoms with Gasteiger partial charge < -0.3 is 9.15 Å². The van der Waals surface area contributed by atoms with Crippen molar-refractivity contribution >= 4 is 28.6 Å². The second kappa shape index (κ2) is 4.60. The molecule has 0 saturated carbocycles. The summed E-state index contributed by atoms with van der Waals surface area (Å²) in [5.41, 5.74) is 0.773. The second-order valence-corrected chi connectivity index (χ2v) is 4.16. The molecule has 1 aromatic carbocycles. The Hall–Kier alpha value is -1.44. The van der Waals surface area contributed by atoms with Crippen LogP contribution >= 0.6 is 22.6 Å². The van der Waals surface area contributed by atoms with Gasteiger partial charge in [-0.15, -0.1) is 10.2 Å².